The number of nitrogen functional groups attached to an aromatic ring is 1. The van der Waals surface area contributed by atoms with Gasteiger partial charge in [-0.3, -0.25) is 0 Å². The second kappa shape index (κ2) is 5.49. The summed E-state index contributed by atoms with van der Waals surface area (Å²) in [6, 6.07) is 2.08. The van der Waals surface area contributed by atoms with Gasteiger partial charge < -0.3 is 15.8 Å². The number of nitrogens with one attached hydrogen (secondary N) is 1. The average molecular weight is 266 g/mol. The fraction of sp³-hybridized carbons (Fsp3) is 0.500. The Kier molecular flexibility index (Phi) is 3.98. The third-order valence-electron chi connectivity index (χ3n) is 2.54. The van der Waals surface area contributed by atoms with E-state index in [2.05, 4.69) is 28.3 Å². The van der Waals surface area contributed by atoms with E-state index >= 15 is 0 Å². The first-order chi connectivity index (χ1) is 8.60. The van der Waals surface area contributed by atoms with Gasteiger partial charge in [0, 0.05) is 18.0 Å². The molecule has 2 aromatic rings. The molecule has 6 heteroatoms. The van der Waals surface area contributed by atoms with Gasteiger partial charge in [-0.25, -0.2) is 4.98 Å². The summed E-state index contributed by atoms with van der Waals surface area (Å²) < 4.78 is 5.48. The van der Waals surface area contributed by atoms with Crippen molar-refractivity contribution in [1.82, 2.24) is 9.97 Å². The molecule has 3 N–H and O–H groups in total. The number of nitrogens with zero attached hydrogens (tertiary/aromatic N) is 2. The number of ether oxygens (including phenoxy) is 1. The number of anilines is 2. The number of thiophene rings is 1. The number of rotatable bonds is 5. The standard InChI is InChI=1S/C12H18N4OS/c1-4-17-7(2)6-14-10-9-5-8(3)18-11(9)16-12(13)15-10/h5,7H,4,6H2,1-3H3,(H3,13,14,15,16). The highest BCUT2D eigenvalue weighted by atomic mass is 32.1. The number of aromatic nitrogens is 2. The Morgan fingerprint density at radius 1 is 1.50 bits per heavy atom. The maximum atomic E-state index is 5.71. The summed E-state index contributed by atoms with van der Waals surface area (Å²) in [4.78, 5) is 10.6. The van der Waals surface area contributed by atoms with Crippen LogP contribution >= 0.6 is 11.3 Å². The Morgan fingerprint density at radius 3 is 3.00 bits per heavy atom. The second-order valence-electron chi connectivity index (χ2n) is 4.15. The molecule has 0 aromatic carbocycles. The topological polar surface area (TPSA) is 73.1 Å². The molecule has 1 atom stereocenters. The van der Waals surface area contributed by atoms with E-state index in [-0.39, 0.29) is 6.10 Å². The van der Waals surface area contributed by atoms with Crippen LogP contribution in [0.4, 0.5) is 11.8 Å². The molecular weight excluding hydrogens is 248 g/mol. The molecule has 0 saturated heterocycles. The van der Waals surface area contributed by atoms with E-state index in [1.807, 2.05) is 13.8 Å². The quantitative estimate of drug-likeness (QED) is 0.869. The predicted octanol–water partition coefficient (Wildman–Crippen LogP) is 2.42. The predicted molar refractivity (Wildman–Crippen MR) is 76.1 cm³/mol. The van der Waals surface area contributed by atoms with Crippen LogP contribution in [0.5, 0.6) is 0 Å². The van der Waals surface area contributed by atoms with E-state index in [4.69, 9.17) is 10.5 Å². The summed E-state index contributed by atoms with van der Waals surface area (Å²) in [5.74, 6) is 1.09. The maximum absolute atomic E-state index is 5.71. The van der Waals surface area contributed by atoms with Crippen LogP contribution in [0.15, 0.2) is 6.07 Å². The molecule has 2 aromatic heterocycles. The van der Waals surface area contributed by atoms with Crippen molar-refractivity contribution in [3.8, 4) is 0 Å². The van der Waals surface area contributed by atoms with Crippen molar-refractivity contribution in [3.05, 3.63) is 10.9 Å². The molecular formula is C12H18N4OS. The van der Waals surface area contributed by atoms with Crippen molar-refractivity contribution in [1.29, 1.82) is 0 Å². The van der Waals surface area contributed by atoms with Crippen molar-refractivity contribution in [2.24, 2.45) is 0 Å². The van der Waals surface area contributed by atoms with Crippen molar-refractivity contribution in [3.63, 3.8) is 0 Å². The van der Waals surface area contributed by atoms with Gasteiger partial charge in [-0.1, -0.05) is 0 Å². The van der Waals surface area contributed by atoms with Gasteiger partial charge in [-0.2, -0.15) is 4.98 Å². The van der Waals surface area contributed by atoms with Gasteiger partial charge in [-0.15, -0.1) is 11.3 Å². The van der Waals surface area contributed by atoms with Gasteiger partial charge in [-0.05, 0) is 26.8 Å². The molecule has 0 fully saturated rings. The van der Waals surface area contributed by atoms with Crippen molar-refractivity contribution in [2.45, 2.75) is 26.9 Å². The summed E-state index contributed by atoms with van der Waals surface area (Å²) in [7, 11) is 0. The molecule has 5 nitrogen and oxygen atoms in total. The Balaban J connectivity index is 2.21. The lowest BCUT2D eigenvalue weighted by Gasteiger charge is -2.13. The number of aryl methyl sites for hydroxylation is 1. The Labute approximate surface area is 110 Å². The lowest BCUT2D eigenvalue weighted by Crippen LogP contribution is -2.20. The summed E-state index contributed by atoms with van der Waals surface area (Å²) in [5, 5.41) is 4.30. The van der Waals surface area contributed by atoms with Gasteiger partial charge >= 0.3 is 0 Å². The second-order valence-corrected chi connectivity index (χ2v) is 5.39. The van der Waals surface area contributed by atoms with Crippen molar-refractivity contribution >= 4 is 33.3 Å². The first kappa shape index (κ1) is 13.0. The zero-order chi connectivity index (χ0) is 13.1. The van der Waals surface area contributed by atoms with E-state index in [1.54, 1.807) is 11.3 Å². The molecule has 0 aliphatic carbocycles. The third kappa shape index (κ3) is 2.88. The zero-order valence-corrected chi connectivity index (χ0v) is 11.7. The van der Waals surface area contributed by atoms with Crippen LogP contribution in [-0.4, -0.2) is 29.2 Å². The molecule has 0 spiro atoms. The van der Waals surface area contributed by atoms with Crippen LogP contribution in [0, 0.1) is 6.92 Å². The first-order valence-electron chi connectivity index (χ1n) is 5.99. The highest BCUT2D eigenvalue weighted by molar-refractivity contribution is 7.18. The maximum Gasteiger partial charge on any atom is 0.223 e. The van der Waals surface area contributed by atoms with Crippen molar-refractivity contribution < 1.29 is 4.74 Å². The van der Waals surface area contributed by atoms with E-state index < -0.39 is 0 Å². The lowest BCUT2D eigenvalue weighted by atomic mass is 10.3. The molecule has 98 valence electrons. The first-order valence-corrected chi connectivity index (χ1v) is 6.81. The zero-order valence-electron chi connectivity index (χ0n) is 10.9. The summed E-state index contributed by atoms with van der Waals surface area (Å²) in [6.07, 6.45) is 0.140. The van der Waals surface area contributed by atoms with E-state index in [9.17, 15) is 0 Å². The molecule has 0 radical (unpaired) electrons. The number of hydrogen-bond acceptors (Lipinski definition) is 6. The summed E-state index contributed by atoms with van der Waals surface area (Å²) >= 11 is 1.62. The van der Waals surface area contributed by atoms with Crippen LogP contribution in [0.2, 0.25) is 0 Å². The van der Waals surface area contributed by atoms with Gasteiger partial charge in [0.25, 0.3) is 0 Å². The van der Waals surface area contributed by atoms with Crippen molar-refractivity contribution in [2.75, 3.05) is 24.2 Å². The van der Waals surface area contributed by atoms with Crippen LogP contribution in [0.25, 0.3) is 10.2 Å². The molecule has 2 heterocycles. The Morgan fingerprint density at radius 2 is 2.28 bits per heavy atom. The molecule has 0 aliphatic rings. The summed E-state index contributed by atoms with van der Waals surface area (Å²) in [5.41, 5.74) is 5.71. The van der Waals surface area contributed by atoms with E-state index in [0.29, 0.717) is 19.1 Å². The monoisotopic (exact) mass is 266 g/mol. The normalized spacial score (nSPS) is 12.8. The molecule has 18 heavy (non-hydrogen) atoms. The van der Waals surface area contributed by atoms with Crippen LogP contribution in [-0.2, 0) is 4.74 Å². The Hall–Kier alpha value is -1.40. The number of hydrogen-bond donors (Lipinski definition) is 2. The number of nitrogens with two attached hydrogens (primary N) is 1. The van der Waals surface area contributed by atoms with Gasteiger partial charge in [0.2, 0.25) is 5.95 Å². The molecule has 2 rings (SSSR count). The lowest BCUT2D eigenvalue weighted by molar-refractivity contribution is 0.0855. The van der Waals surface area contributed by atoms with Gasteiger partial charge in [0.05, 0.1) is 11.5 Å². The number of fused-ring (bicyclic) bond motifs is 1. The fourth-order valence-electron chi connectivity index (χ4n) is 1.78. The molecule has 0 aliphatic heterocycles. The molecule has 0 amide bonds. The fourth-order valence-corrected chi connectivity index (χ4v) is 2.66. The largest absolute Gasteiger partial charge is 0.377 e. The smallest absolute Gasteiger partial charge is 0.223 e. The third-order valence-corrected chi connectivity index (χ3v) is 3.49. The minimum Gasteiger partial charge on any atom is -0.377 e. The SMILES string of the molecule is CCOC(C)CNc1nc(N)nc2sc(C)cc12. The van der Waals surface area contributed by atoms with E-state index in [1.165, 1.54) is 4.88 Å². The van der Waals surface area contributed by atoms with Crippen LogP contribution in [0.1, 0.15) is 18.7 Å². The van der Waals surface area contributed by atoms with Gasteiger partial charge in [0.15, 0.2) is 0 Å². The molecule has 0 saturated carbocycles. The van der Waals surface area contributed by atoms with E-state index in [0.717, 1.165) is 16.0 Å². The highest BCUT2D eigenvalue weighted by Crippen LogP contribution is 2.28. The van der Waals surface area contributed by atoms with Gasteiger partial charge in [0.1, 0.15) is 10.6 Å². The highest BCUT2D eigenvalue weighted by Gasteiger charge is 2.10. The summed E-state index contributed by atoms with van der Waals surface area (Å²) in [6.45, 7) is 7.47. The van der Waals surface area contributed by atoms with Crippen LogP contribution in [0.3, 0.4) is 0 Å². The molecule has 1 unspecified atom stereocenters. The Bertz CT molecular complexity index is 540. The minimum atomic E-state index is 0.140. The minimum absolute atomic E-state index is 0.140. The molecule has 0 bridgehead atoms. The van der Waals surface area contributed by atoms with Crippen LogP contribution < -0.4 is 11.1 Å². The average Bonchev–Trinajstić information content (AvgIpc) is 2.66.